The lowest BCUT2D eigenvalue weighted by atomic mass is 10.5. The molecule has 0 unspecified atom stereocenters. The molecule has 0 rings (SSSR count). The van der Waals surface area contributed by atoms with Gasteiger partial charge in [0.15, 0.2) is 7.38 Å². The minimum atomic E-state index is -7.23. The highest BCUT2D eigenvalue weighted by atomic mass is 35.6. The van der Waals surface area contributed by atoms with Crippen LogP contribution in [-0.4, -0.2) is 7.38 Å². The van der Waals surface area contributed by atoms with Gasteiger partial charge in [0.05, 0.1) is 0 Å². The lowest BCUT2D eigenvalue weighted by molar-refractivity contribution is 0.849. The molecule has 11 heavy (non-hydrogen) atoms. The number of rotatable bonds is 3. The predicted octanol–water partition coefficient (Wildman–Crippen LogP) is 4.40. The Labute approximate surface area is 107 Å². The van der Waals surface area contributed by atoms with Gasteiger partial charge in [-0.2, -0.15) is 11.1 Å². The lowest BCUT2D eigenvalue weighted by Gasteiger charge is -2.36. The average Bonchev–Trinajstić information content (AvgIpc) is 2.44. The van der Waals surface area contributed by atoms with Crippen LogP contribution in [0.5, 0.6) is 0 Å². The Morgan fingerprint density at radius 3 is 1.45 bits per heavy atom. The van der Waals surface area contributed by atoms with E-state index >= 15 is 0 Å². The molecule has 0 aromatic carbocycles. The maximum absolute atomic E-state index is 8.37. The summed E-state index contributed by atoms with van der Waals surface area (Å²) in [6.45, 7) is -26.1. The Bertz CT molecular complexity index is 548. The minimum Gasteiger partial charge on any atom is -0.166 e. The summed E-state index contributed by atoms with van der Waals surface area (Å²) in [7, 11) is -7.23. The van der Waals surface area contributed by atoms with E-state index in [9.17, 15) is 0 Å². The summed E-state index contributed by atoms with van der Waals surface area (Å²) in [6, 6.07) is 0. The topological polar surface area (TPSA) is 0 Å². The fourth-order valence-corrected chi connectivity index (χ4v) is 1.12. The Balaban J connectivity index is 8.69. The minimum absolute atomic E-state index is 4.35. The smallest absolute Gasteiger partial charge is 0.164 e. The molecule has 0 saturated heterocycles. The maximum atomic E-state index is 8.37. The van der Waals surface area contributed by atoms with Gasteiger partial charge >= 0.3 is 0 Å². The normalized spacial score (nSPS) is 51.5. The van der Waals surface area contributed by atoms with E-state index in [0.717, 1.165) is 0 Å². The van der Waals surface area contributed by atoms with Crippen LogP contribution in [-0.2, 0) is 0 Å². The van der Waals surface area contributed by atoms with E-state index in [4.69, 9.17) is 39.9 Å². The Kier molecular flexibility index (Phi) is 0.459. The monoisotopic (exact) mass is 213 g/mol. The van der Waals surface area contributed by atoms with Gasteiger partial charge in [-0.25, -0.2) is 0 Å². The third-order valence-corrected chi connectivity index (χ3v) is 4.80. The van der Waals surface area contributed by atoms with Gasteiger partial charge in [-0.1, -0.05) is 41.1 Å². The first-order valence-electron chi connectivity index (χ1n) is 12.9. The van der Waals surface area contributed by atoms with E-state index in [2.05, 4.69) is 0 Å². The zero-order valence-electron chi connectivity index (χ0n) is 26.4. The highest BCUT2D eigenvalue weighted by molar-refractivity contribution is 7.22. The predicted molar refractivity (Wildman–Crippen MR) is 56.9 cm³/mol. The van der Waals surface area contributed by atoms with Gasteiger partial charge in [0, 0.05) is 28.8 Å². The molecule has 0 spiro atoms. The number of halogens is 1. The molecule has 0 amide bonds. The molecule has 0 atom stereocenters. The molecule has 0 aromatic rings. The summed E-state index contributed by atoms with van der Waals surface area (Å²) in [5, 5.41) is 0. The van der Waals surface area contributed by atoms with Crippen molar-refractivity contribution in [3.63, 3.8) is 0 Å². The Morgan fingerprint density at radius 2 is 1.27 bits per heavy atom. The number of hydrogen-bond donors (Lipinski definition) is 0. The molecule has 0 saturated carbocycles. The zero-order valence-corrected chi connectivity index (χ0v) is 7.13. The third kappa shape index (κ3) is 2.22. The van der Waals surface area contributed by atoms with E-state index in [0.29, 0.717) is 0 Å². The molecular weight excluding hydrogens is 172 g/mol. The van der Waals surface area contributed by atoms with Gasteiger partial charge < -0.3 is 0 Å². The van der Waals surface area contributed by atoms with Gasteiger partial charge in [0.25, 0.3) is 0 Å². The van der Waals surface area contributed by atoms with Crippen LogP contribution in [0, 0.1) is 0 Å². The van der Waals surface area contributed by atoms with Gasteiger partial charge in [-0.3, -0.25) is 0 Å². The van der Waals surface area contributed by atoms with Gasteiger partial charge in [-0.05, 0) is 16.6 Å². The summed E-state index contributed by atoms with van der Waals surface area (Å²) >= 11 is 6.19. The molecule has 68 valence electrons. The standard InChI is InChI=1S/C9H21ClSi/c1-7(2)11(10,8(3)4)9(5)6/h7-9H,1-6H3/i1D3,2D3,3D3,4D3,5D3,6D3,7D,8D,9D. The van der Waals surface area contributed by atoms with Crippen molar-refractivity contribution >= 4 is 18.5 Å². The quantitative estimate of drug-likeness (QED) is 0.482. The lowest BCUT2D eigenvalue weighted by Crippen LogP contribution is -2.37. The molecule has 0 aliphatic rings. The van der Waals surface area contributed by atoms with Crippen LogP contribution in [0.3, 0.4) is 0 Å². The molecule has 2 heteroatoms. The van der Waals surface area contributed by atoms with E-state index in [-0.39, 0.29) is 0 Å². The van der Waals surface area contributed by atoms with Crippen LogP contribution in [0.25, 0.3) is 0 Å². The molecule has 0 radical (unpaired) electrons. The zero-order chi connectivity index (χ0) is 27.0. The van der Waals surface area contributed by atoms with Crippen LogP contribution in [0.1, 0.15) is 69.9 Å². The Morgan fingerprint density at radius 1 is 1.00 bits per heavy atom. The molecule has 0 N–H and O–H groups in total. The highest BCUT2D eigenvalue weighted by Crippen LogP contribution is 2.44. The third-order valence-electron chi connectivity index (χ3n) is 1.03. The largest absolute Gasteiger partial charge is 0.166 e. The molecular formula is C9H21ClSi. The molecule has 0 bridgehead atoms. The van der Waals surface area contributed by atoms with Gasteiger partial charge in [0.1, 0.15) is 0 Å². The molecule has 0 aliphatic heterocycles. The van der Waals surface area contributed by atoms with Gasteiger partial charge in [-0.15, -0.1) is 0 Å². The second-order valence-corrected chi connectivity index (χ2v) is 6.30. The molecule has 0 aliphatic carbocycles. The van der Waals surface area contributed by atoms with Crippen LogP contribution in [0.15, 0.2) is 0 Å². The van der Waals surface area contributed by atoms with E-state index < -0.39 is 65.0 Å². The SMILES string of the molecule is [2H]C([2H])([2H])C([2H])(C([2H])([2H])[2H])[Si](Cl)(C([2H])(C([2H])([2H])[2H])C([2H])([2H])[2H])C([2H])(C([2H])([2H])[2H])C([2H])([2H])[2H]. The molecule has 0 aromatic heterocycles. The van der Waals surface area contributed by atoms with Crippen molar-refractivity contribution in [1.82, 2.24) is 0 Å². The summed E-state index contributed by atoms with van der Waals surface area (Å²) < 4.78 is 162. The first-order chi connectivity index (χ1) is 13.2. The Hall–Kier alpha value is 0.507. The van der Waals surface area contributed by atoms with Crippen molar-refractivity contribution in [3.8, 4) is 0 Å². The highest BCUT2D eigenvalue weighted by Gasteiger charge is 2.40. The maximum Gasteiger partial charge on any atom is 0.164 e. The van der Waals surface area contributed by atoms with Crippen molar-refractivity contribution in [2.24, 2.45) is 0 Å². The van der Waals surface area contributed by atoms with Crippen molar-refractivity contribution in [2.45, 2.75) is 57.7 Å². The number of hydrogen-bond acceptors (Lipinski definition) is 0. The fraction of sp³-hybridized carbons (Fsp3) is 1.00. The van der Waals surface area contributed by atoms with Crippen molar-refractivity contribution in [3.05, 3.63) is 0 Å². The molecule has 0 fully saturated rings. The van der Waals surface area contributed by atoms with Crippen molar-refractivity contribution in [1.29, 1.82) is 0 Å². The fourth-order valence-electron chi connectivity index (χ4n) is 0.375. The van der Waals surface area contributed by atoms with Crippen LogP contribution >= 0.6 is 11.1 Å². The summed E-state index contributed by atoms with van der Waals surface area (Å²) in [5.74, 6) is 0. The van der Waals surface area contributed by atoms with Gasteiger partial charge in [0.2, 0.25) is 0 Å². The van der Waals surface area contributed by atoms with E-state index in [1.807, 2.05) is 0 Å². The summed E-state index contributed by atoms with van der Waals surface area (Å²) in [4.78, 5) is 0. The summed E-state index contributed by atoms with van der Waals surface area (Å²) in [5.41, 5.74) is -13.9. The van der Waals surface area contributed by atoms with Crippen LogP contribution < -0.4 is 0 Å². The summed E-state index contributed by atoms with van der Waals surface area (Å²) in [6.07, 6.45) is 0. The second-order valence-electron chi connectivity index (χ2n) is 1.78. The molecule has 0 heterocycles. The van der Waals surface area contributed by atoms with Crippen molar-refractivity contribution in [2.75, 3.05) is 0 Å². The van der Waals surface area contributed by atoms with Crippen molar-refractivity contribution < 1.29 is 28.8 Å². The second kappa shape index (κ2) is 3.95. The molecule has 0 nitrogen and oxygen atoms in total. The first kappa shape index (κ1) is 1.28. The van der Waals surface area contributed by atoms with Crippen LogP contribution in [0.2, 0.25) is 16.6 Å². The first-order valence-corrected chi connectivity index (χ1v) is 5.45. The van der Waals surface area contributed by atoms with Crippen LogP contribution in [0.4, 0.5) is 0 Å². The average molecular weight is 214 g/mol. The van der Waals surface area contributed by atoms with E-state index in [1.165, 1.54) is 0 Å². The van der Waals surface area contributed by atoms with E-state index in [1.54, 1.807) is 0 Å².